The normalized spacial score (nSPS) is 9.87. The number of aromatic nitrogens is 1. The molecule has 1 aromatic rings. The van der Waals surface area contributed by atoms with Crippen molar-refractivity contribution in [3.8, 4) is 5.88 Å². The third kappa shape index (κ3) is 2.24. The Bertz CT molecular complexity index is 376. The van der Waals surface area contributed by atoms with E-state index in [4.69, 9.17) is 9.84 Å². The average molecular weight is 211 g/mol. The van der Waals surface area contributed by atoms with Crippen molar-refractivity contribution in [3.63, 3.8) is 0 Å². The summed E-state index contributed by atoms with van der Waals surface area (Å²) < 4.78 is 9.53. The van der Waals surface area contributed by atoms with Gasteiger partial charge in [0.1, 0.15) is 5.56 Å². The summed E-state index contributed by atoms with van der Waals surface area (Å²) in [5.74, 6) is -0.344. The molecule has 0 aliphatic heterocycles. The second-order valence-corrected chi connectivity index (χ2v) is 2.96. The summed E-state index contributed by atoms with van der Waals surface area (Å²) in [6, 6.07) is 1.59. The zero-order valence-electron chi connectivity index (χ0n) is 8.90. The highest BCUT2D eigenvalue weighted by Crippen LogP contribution is 2.20. The molecule has 0 bridgehead atoms. The fraction of sp³-hybridized carbons (Fsp3) is 0.400. The summed E-state index contributed by atoms with van der Waals surface area (Å²) in [7, 11) is 2.70. The van der Waals surface area contributed by atoms with Gasteiger partial charge in [-0.25, -0.2) is 9.78 Å². The molecule has 5 nitrogen and oxygen atoms in total. The van der Waals surface area contributed by atoms with E-state index in [2.05, 4.69) is 9.72 Å². The zero-order chi connectivity index (χ0) is 11.4. The predicted octanol–water partition coefficient (Wildman–Crippen LogP) is 0.678. The van der Waals surface area contributed by atoms with Crippen LogP contribution in [0, 0.1) is 6.92 Å². The Morgan fingerprint density at radius 3 is 2.67 bits per heavy atom. The molecule has 0 fully saturated rings. The molecule has 1 aromatic heterocycles. The number of aliphatic hydroxyl groups excluding tert-OH is 1. The van der Waals surface area contributed by atoms with Gasteiger partial charge in [0.25, 0.3) is 0 Å². The lowest BCUT2D eigenvalue weighted by Gasteiger charge is -2.09. The molecule has 0 saturated carbocycles. The van der Waals surface area contributed by atoms with Gasteiger partial charge in [0.15, 0.2) is 0 Å². The second-order valence-electron chi connectivity index (χ2n) is 2.96. The van der Waals surface area contributed by atoms with Gasteiger partial charge in [-0.2, -0.15) is 0 Å². The van der Waals surface area contributed by atoms with Gasteiger partial charge in [0, 0.05) is 0 Å². The van der Waals surface area contributed by atoms with Crippen LogP contribution in [-0.2, 0) is 11.3 Å². The first kappa shape index (κ1) is 11.5. The van der Waals surface area contributed by atoms with Gasteiger partial charge in [-0.1, -0.05) is 0 Å². The fourth-order valence-corrected chi connectivity index (χ4v) is 1.20. The molecule has 1 N–H and O–H groups in total. The number of pyridine rings is 1. The van der Waals surface area contributed by atoms with Gasteiger partial charge in [-0.15, -0.1) is 0 Å². The van der Waals surface area contributed by atoms with Crippen molar-refractivity contribution in [2.75, 3.05) is 14.2 Å². The van der Waals surface area contributed by atoms with Crippen molar-refractivity contribution >= 4 is 5.97 Å². The van der Waals surface area contributed by atoms with E-state index in [1.165, 1.54) is 14.2 Å². The largest absolute Gasteiger partial charge is 0.480 e. The molecule has 0 radical (unpaired) electrons. The van der Waals surface area contributed by atoms with Gasteiger partial charge in [-0.05, 0) is 18.6 Å². The minimum atomic E-state index is -0.507. The summed E-state index contributed by atoms with van der Waals surface area (Å²) >= 11 is 0. The first-order valence-electron chi connectivity index (χ1n) is 4.37. The number of carbonyl (C=O) groups is 1. The Balaban J connectivity index is 3.27. The number of nitrogens with zero attached hydrogens (tertiary/aromatic N) is 1. The molecule has 1 rings (SSSR count). The minimum Gasteiger partial charge on any atom is -0.480 e. The van der Waals surface area contributed by atoms with Crippen molar-refractivity contribution in [1.82, 2.24) is 4.98 Å². The molecule has 0 spiro atoms. The maximum absolute atomic E-state index is 11.3. The lowest BCUT2D eigenvalue weighted by molar-refractivity contribution is 0.0595. The molecular formula is C10H13NO4. The average Bonchev–Trinajstić information content (AvgIpc) is 2.27. The lowest BCUT2D eigenvalue weighted by Crippen LogP contribution is -2.08. The van der Waals surface area contributed by atoms with E-state index in [1.807, 2.05) is 0 Å². The number of hydrogen-bond donors (Lipinski definition) is 1. The van der Waals surface area contributed by atoms with E-state index in [-0.39, 0.29) is 18.1 Å². The summed E-state index contributed by atoms with van der Waals surface area (Å²) in [4.78, 5) is 15.3. The first-order valence-corrected chi connectivity index (χ1v) is 4.37. The molecule has 0 atom stereocenters. The van der Waals surface area contributed by atoms with Crippen molar-refractivity contribution in [2.24, 2.45) is 0 Å². The van der Waals surface area contributed by atoms with Crippen LogP contribution in [0.15, 0.2) is 6.07 Å². The van der Waals surface area contributed by atoms with Gasteiger partial charge in [-0.3, -0.25) is 0 Å². The van der Waals surface area contributed by atoms with Crippen LogP contribution in [0.25, 0.3) is 0 Å². The van der Waals surface area contributed by atoms with E-state index in [0.29, 0.717) is 5.69 Å². The molecule has 0 unspecified atom stereocenters. The Labute approximate surface area is 87.7 Å². The molecule has 0 amide bonds. The lowest BCUT2D eigenvalue weighted by atomic mass is 10.1. The number of aryl methyl sites for hydroxylation is 1. The van der Waals surface area contributed by atoms with Gasteiger partial charge >= 0.3 is 5.97 Å². The highest BCUT2D eigenvalue weighted by molar-refractivity contribution is 5.92. The van der Waals surface area contributed by atoms with Crippen LogP contribution in [-0.4, -0.2) is 30.3 Å². The minimum absolute atomic E-state index is 0.163. The summed E-state index contributed by atoms with van der Waals surface area (Å²) in [6.07, 6.45) is 0. The molecular weight excluding hydrogens is 198 g/mol. The second kappa shape index (κ2) is 4.75. The number of carbonyl (C=O) groups excluding carboxylic acids is 1. The number of methoxy groups -OCH3 is 2. The highest BCUT2D eigenvalue weighted by atomic mass is 16.5. The van der Waals surface area contributed by atoms with Crippen LogP contribution in [0.1, 0.15) is 21.6 Å². The zero-order valence-corrected chi connectivity index (χ0v) is 8.90. The molecule has 82 valence electrons. The van der Waals surface area contributed by atoms with Gasteiger partial charge in [0.05, 0.1) is 26.5 Å². The third-order valence-corrected chi connectivity index (χ3v) is 2.03. The number of ether oxygens (including phenoxy) is 2. The van der Waals surface area contributed by atoms with Gasteiger partial charge in [0.2, 0.25) is 5.88 Å². The Morgan fingerprint density at radius 2 is 2.20 bits per heavy atom. The Hall–Kier alpha value is -1.62. The first-order chi connectivity index (χ1) is 7.13. The van der Waals surface area contributed by atoms with Crippen LogP contribution in [0.5, 0.6) is 5.88 Å². The van der Waals surface area contributed by atoms with Gasteiger partial charge < -0.3 is 14.6 Å². The molecule has 0 aromatic carbocycles. The summed E-state index contributed by atoms with van der Waals surface area (Å²) in [6.45, 7) is 1.56. The predicted molar refractivity (Wildman–Crippen MR) is 52.8 cm³/mol. The molecule has 5 heteroatoms. The molecule has 0 aliphatic rings. The number of rotatable bonds is 3. The maximum atomic E-state index is 11.3. The summed E-state index contributed by atoms with van der Waals surface area (Å²) in [5, 5.41) is 8.99. The van der Waals surface area contributed by atoms with Crippen LogP contribution < -0.4 is 4.74 Å². The topological polar surface area (TPSA) is 68.7 Å². The monoisotopic (exact) mass is 211 g/mol. The highest BCUT2D eigenvalue weighted by Gasteiger charge is 2.16. The fourth-order valence-electron chi connectivity index (χ4n) is 1.20. The third-order valence-electron chi connectivity index (χ3n) is 2.03. The van der Waals surface area contributed by atoms with Crippen molar-refractivity contribution in [3.05, 3.63) is 22.9 Å². The van der Waals surface area contributed by atoms with Crippen molar-refractivity contribution < 1.29 is 19.4 Å². The SMILES string of the molecule is COC(=O)c1cc(C)c(CO)nc1OC. The van der Waals surface area contributed by atoms with Crippen molar-refractivity contribution in [1.29, 1.82) is 0 Å². The molecule has 0 aliphatic carbocycles. The van der Waals surface area contributed by atoms with E-state index in [1.54, 1.807) is 13.0 Å². The van der Waals surface area contributed by atoms with E-state index in [9.17, 15) is 4.79 Å². The van der Waals surface area contributed by atoms with E-state index in [0.717, 1.165) is 5.56 Å². The standard InChI is InChI=1S/C10H13NO4/c1-6-4-7(10(13)15-3)9(14-2)11-8(6)5-12/h4,12H,5H2,1-3H3. The number of aliphatic hydroxyl groups is 1. The molecule has 1 heterocycles. The van der Waals surface area contributed by atoms with Crippen LogP contribution in [0.2, 0.25) is 0 Å². The quantitative estimate of drug-likeness (QED) is 0.744. The molecule has 0 saturated heterocycles. The van der Waals surface area contributed by atoms with Crippen LogP contribution >= 0.6 is 0 Å². The van der Waals surface area contributed by atoms with E-state index >= 15 is 0 Å². The van der Waals surface area contributed by atoms with Crippen LogP contribution in [0.4, 0.5) is 0 Å². The smallest absolute Gasteiger partial charge is 0.343 e. The Kier molecular flexibility index (Phi) is 3.62. The number of hydrogen-bond acceptors (Lipinski definition) is 5. The van der Waals surface area contributed by atoms with Crippen LogP contribution in [0.3, 0.4) is 0 Å². The van der Waals surface area contributed by atoms with Crippen molar-refractivity contribution in [2.45, 2.75) is 13.5 Å². The maximum Gasteiger partial charge on any atom is 0.343 e. The van der Waals surface area contributed by atoms with E-state index < -0.39 is 5.97 Å². The Morgan fingerprint density at radius 1 is 1.53 bits per heavy atom. The number of esters is 1. The molecule has 15 heavy (non-hydrogen) atoms. The summed E-state index contributed by atoms with van der Waals surface area (Å²) in [5.41, 5.74) is 1.47.